The summed E-state index contributed by atoms with van der Waals surface area (Å²) in [5.41, 5.74) is -0.238. The molecule has 2 rings (SSSR count). The highest BCUT2D eigenvalue weighted by atomic mass is 35.5. The van der Waals surface area contributed by atoms with Crippen LogP contribution in [-0.2, 0) is 0 Å². The molecule has 0 atom stereocenters. The molecule has 0 fully saturated rings. The molecule has 0 saturated heterocycles. The summed E-state index contributed by atoms with van der Waals surface area (Å²) in [6, 6.07) is 6.51. The van der Waals surface area contributed by atoms with Crippen LogP contribution in [0.1, 0.15) is 10.4 Å². The summed E-state index contributed by atoms with van der Waals surface area (Å²) in [6.07, 6.45) is 0. The number of alkyl halides is 2. The molecule has 0 spiro atoms. The summed E-state index contributed by atoms with van der Waals surface area (Å²) in [5, 5.41) is 2.35. The Morgan fingerprint density at radius 3 is 2.36 bits per heavy atom. The van der Waals surface area contributed by atoms with Gasteiger partial charge in [-0.05, 0) is 24.3 Å². The lowest BCUT2D eigenvalue weighted by atomic mass is 10.2. The molecule has 0 aromatic heterocycles. The third-order valence-corrected chi connectivity index (χ3v) is 3.83. The summed E-state index contributed by atoms with van der Waals surface area (Å²) in [4.78, 5) is 12.0. The number of halogens is 5. The van der Waals surface area contributed by atoms with Gasteiger partial charge in [0.25, 0.3) is 11.7 Å². The Bertz CT molecular complexity index is 691. The molecule has 0 aliphatic carbocycles. The maximum Gasteiger partial charge on any atom is 0.289 e. The fourth-order valence-electron chi connectivity index (χ4n) is 1.70. The molecule has 0 bridgehead atoms. The van der Waals surface area contributed by atoms with Gasteiger partial charge in [0.2, 0.25) is 0 Å². The molecule has 22 heavy (non-hydrogen) atoms. The Morgan fingerprint density at radius 2 is 1.77 bits per heavy atom. The molecule has 0 aliphatic rings. The van der Waals surface area contributed by atoms with Crippen molar-refractivity contribution in [1.29, 1.82) is 0 Å². The monoisotopic (exact) mass is 349 g/mol. The lowest BCUT2D eigenvalue weighted by molar-refractivity contribution is 0.102. The Balaban J connectivity index is 2.30. The van der Waals surface area contributed by atoms with Crippen LogP contribution in [0.25, 0.3) is 0 Å². The Labute approximate surface area is 132 Å². The van der Waals surface area contributed by atoms with Crippen LogP contribution < -0.4 is 5.32 Å². The van der Waals surface area contributed by atoms with Crippen LogP contribution in [-0.4, -0.2) is 11.7 Å². The number of amides is 1. The van der Waals surface area contributed by atoms with Gasteiger partial charge in [-0.3, -0.25) is 4.79 Å². The number of rotatable bonds is 4. The van der Waals surface area contributed by atoms with E-state index < -0.39 is 23.3 Å². The smallest absolute Gasteiger partial charge is 0.289 e. The summed E-state index contributed by atoms with van der Waals surface area (Å²) in [7, 11) is 0. The maximum atomic E-state index is 13.1. The van der Waals surface area contributed by atoms with Crippen molar-refractivity contribution in [2.75, 3.05) is 5.32 Å². The van der Waals surface area contributed by atoms with Crippen molar-refractivity contribution >= 4 is 35.0 Å². The normalized spacial score (nSPS) is 10.8. The molecule has 0 radical (unpaired) electrons. The van der Waals surface area contributed by atoms with Gasteiger partial charge in [-0.2, -0.15) is 8.78 Å². The van der Waals surface area contributed by atoms with E-state index in [9.17, 15) is 22.4 Å². The van der Waals surface area contributed by atoms with Gasteiger partial charge in [-0.25, -0.2) is 8.78 Å². The van der Waals surface area contributed by atoms with E-state index in [4.69, 9.17) is 11.6 Å². The van der Waals surface area contributed by atoms with Crippen LogP contribution in [0.4, 0.5) is 23.2 Å². The van der Waals surface area contributed by atoms with Gasteiger partial charge in [-0.1, -0.05) is 29.4 Å². The van der Waals surface area contributed by atoms with E-state index in [1.165, 1.54) is 18.2 Å². The number of thioether (sulfide) groups is 1. The van der Waals surface area contributed by atoms with E-state index in [2.05, 4.69) is 5.32 Å². The first-order valence-electron chi connectivity index (χ1n) is 5.87. The van der Waals surface area contributed by atoms with Crippen LogP contribution >= 0.6 is 23.4 Å². The van der Waals surface area contributed by atoms with Crippen molar-refractivity contribution in [1.82, 2.24) is 0 Å². The lowest BCUT2D eigenvalue weighted by Crippen LogP contribution is -2.13. The van der Waals surface area contributed by atoms with Crippen LogP contribution in [0.5, 0.6) is 0 Å². The summed E-state index contributed by atoms with van der Waals surface area (Å²) in [6.45, 7) is 0. The molecule has 2 aromatic rings. The van der Waals surface area contributed by atoms with E-state index in [1.807, 2.05) is 0 Å². The van der Waals surface area contributed by atoms with Gasteiger partial charge in [0.15, 0.2) is 0 Å². The first kappa shape index (κ1) is 16.6. The standard InChI is InChI=1S/C14H8ClF4NOS/c15-10-2-1-3-11(12(10)22-14(18)19)20-13(21)7-4-8(16)6-9(17)5-7/h1-6,14H,(H,20,21). The molecule has 0 aliphatic heterocycles. The molecule has 1 N–H and O–H groups in total. The second-order valence-corrected chi connectivity index (χ2v) is 5.51. The van der Waals surface area contributed by atoms with Gasteiger partial charge < -0.3 is 5.32 Å². The molecular formula is C14H8ClF4NOS. The molecule has 116 valence electrons. The lowest BCUT2D eigenvalue weighted by Gasteiger charge is -2.12. The predicted molar refractivity (Wildman–Crippen MR) is 77.6 cm³/mol. The van der Waals surface area contributed by atoms with Crippen molar-refractivity contribution < 1.29 is 22.4 Å². The first-order valence-corrected chi connectivity index (χ1v) is 7.13. The van der Waals surface area contributed by atoms with E-state index in [1.54, 1.807) is 0 Å². The fourth-order valence-corrected chi connectivity index (χ4v) is 2.61. The highest BCUT2D eigenvalue weighted by Crippen LogP contribution is 2.37. The maximum absolute atomic E-state index is 13.1. The van der Waals surface area contributed by atoms with Crippen LogP contribution in [0.3, 0.4) is 0 Å². The van der Waals surface area contributed by atoms with Crippen LogP contribution in [0.15, 0.2) is 41.3 Å². The molecular weight excluding hydrogens is 342 g/mol. The zero-order valence-electron chi connectivity index (χ0n) is 10.7. The number of benzene rings is 2. The molecule has 2 nitrogen and oxygen atoms in total. The quantitative estimate of drug-likeness (QED) is 0.608. The van der Waals surface area contributed by atoms with Crippen molar-refractivity contribution in [2.45, 2.75) is 10.7 Å². The number of nitrogens with one attached hydrogen (secondary N) is 1. The average Bonchev–Trinajstić information content (AvgIpc) is 2.41. The van der Waals surface area contributed by atoms with Gasteiger partial charge in [0, 0.05) is 11.6 Å². The van der Waals surface area contributed by atoms with Gasteiger partial charge in [0.1, 0.15) is 11.6 Å². The predicted octanol–water partition coefficient (Wildman–Crippen LogP) is 5.19. The second-order valence-electron chi connectivity index (χ2n) is 4.11. The SMILES string of the molecule is O=C(Nc1cccc(Cl)c1SC(F)F)c1cc(F)cc(F)c1. The van der Waals surface area contributed by atoms with Gasteiger partial charge >= 0.3 is 0 Å². The number of carbonyl (C=O) groups is 1. The first-order chi connectivity index (χ1) is 10.4. The fraction of sp³-hybridized carbons (Fsp3) is 0.0714. The Kier molecular flexibility index (Phi) is 5.31. The van der Waals surface area contributed by atoms with Crippen LogP contribution in [0.2, 0.25) is 5.02 Å². The summed E-state index contributed by atoms with van der Waals surface area (Å²) >= 11 is 5.99. The average molecular weight is 350 g/mol. The van der Waals surface area contributed by atoms with Crippen molar-refractivity contribution in [3.05, 3.63) is 58.6 Å². The van der Waals surface area contributed by atoms with E-state index in [0.717, 1.165) is 12.1 Å². The minimum Gasteiger partial charge on any atom is -0.321 e. The molecule has 8 heteroatoms. The molecule has 2 aromatic carbocycles. The Morgan fingerprint density at radius 1 is 1.14 bits per heavy atom. The topological polar surface area (TPSA) is 29.1 Å². The Hall–Kier alpha value is -1.73. The zero-order chi connectivity index (χ0) is 16.3. The van der Waals surface area contributed by atoms with Crippen molar-refractivity contribution in [3.63, 3.8) is 0 Å². The molecule has 1 amide bonds. The highest BCUT2D eigenvalue weighted by Gasteiger charge is 2.17. The summed E-state index contributed by atoms with van der Waals surface area (Å²) < 4.78 is 51.3. The van der Waals surface area contributed by atoms with Gasteiger partial charge in [0.05, 0.1) is 15.6 Å². The number of hydrogen-bond acceptors (Lipinski definition) is 2. The van der Waals surface area contributed by atoms with Crippen LogP contribution in [0, 0.1) is 11.6 Å². The minimum atomic E-state index is -2.73. The van der Waals surface area contributed by atoms with Crippen molar-refractivity contribution in [2.24, 2.45) is 0 Å². The van der Waals surface area contributed by atoms with E-state index in [0.29, 0.717) is 6.07 Å². The summed E-state index contributed by atoms with van der Waals surface area (Å²) in [5.74, 6) is -5.41. The highest BCUT2D eigenvalue weighted by molar-refractivity contribution is 7.99. The number of hydrogen-bond donors (Lipinski definition) is 1. The van der Waals surface area contributed by atoms with Crippen molar-refractivity contribution in [3.8, 4) is 0 Å². The van der Waals surface area contributed by atoms with E-state index >= 15 is 0 Å². The number of anilines is 1. The second kappa shape index (κ2) is 7.02. The molecule has 0 heterocycles. The third-order valence-electron chi connectivity index (χ3n) is 2.55. The van der Waals surface area contributed by atoms with Gasteiger partial charge in [-0.15, -0.1) is 0 Å². The molecule has 0 unspecified atom stereocenters. The largest absolute Gasteiger partial charge is 0.321 e. The van der Waals surface area contributed by atoms with E-state index in [-0.39, 0.29) is 32.9 Å². The molecule has 0 saturated carbocycles. The minimum absolute atomic E-state index is 0.0237. The third kappa shape index (κ3) is 4.14. The number of carbonyl (C=O) groups excluding carboxylic acids is 1. The zero-order valence-corrected chi connectivity index (χ0v) is 12.3.